The number of rotatable bonds is 4. The first kappa shape index (κ1) is 12.3. The first-order chi connectivity index (χ1) is 10.3. The number of nitrogens with two attached hydrogens (primary N) is 1. The van der Waals surface area contributed by atoms with Gasteiger partial charge in [-0.25, -0.2) is 0 Å². The molecule has 2 aromatic heterocycles. The molecule has 0 saturated heterocycles. The molecule has 0 unspecified atom stereocenters. The molecule has 3 aromatic rings. The van der Waals surface area contributed by atoms with E-state index in [4.69, 9.17) is 10.2 Å². The van der Waals surface area contributed by atoms with E-state index >= 15 is 0 Å². The van der Waals surface area contributed by atoms with Crippen LogP contribution >= 0.6 is 0 Å². The number of hydrogen-bond donors (Lipinski definition) is 1. The summed E-state index contributed by atoms with van der Waals surface area (Å²) in [6.45, 7) is 0.771. The Labute approximate surface area is 123 Å². The van der Waals surface area contributed by atoms with Crippen molar-refractivity contribution in [3.8, 4) is 0 Å². The molecule has 1 aromatic carbocycles. The third-order valence-corrected chi connectivity index (χ3v) is 3.99. The molecule has 0 amide bonds. The van der Waals surface area contributed by atoms with Gasteiger partial charge < -0.3 is 15.1 Å². The standard InChI is InChI=1S/C17H17N3O/c18-15-7-8-16(17-14(15)4-1-9-19-17)20(12-5-6-12)11-13-3-2-10-21-13/h1-4,7-10,12H,5-6,11,18H2. The minimum Gasteiger partial charge on any atom is -0.467 e. The fraction of sp³-hybridized carbons (Fsp3) is 0.235. The van der Waals surface area contributed by atoms with Crippen molar-refractivity contribution in [1.82, 2.24) is 4.98 Å². The summed E-state index contributed by atoms with van der Waals surface area (Å²) in [5, 5.41) is 1.01. The third-order valence-electron chi connectivity index (χ3n) is 3.99. The highest BCUT2D eigenvalue weighted by Crippen LogP contribution is 2.37. The number of nitrogens with zero attached hydrogens (tertiary/aromatic N) is 2. The van der Waals surface area contributed by atoms with Gasteiger partial charge in [0, 0.05) is 23.3 Å². The summed E-state index contributed by atoms with van der Waals surface area (Å²) in [6.07, 6.45) is 5.99. The quantitative estimate of drug-likeness (QED) is 0.742. The van der Waals surface area contributed by atoms with Crippen molar-refractivity contribution in [3.63, 3.8) is 0 Å². The number of pyridine rings is 1. The van der Waals surface area contributed by atoms with Crippen LogP contribution in [-0.4, -0.2) is 11.0 Å². The Morgan fingerprint density at radius 3 is 2.86 bits per heavy atom. The topological polar surface area (TPSA) is 55.3 Å². The van der Waals surface area contributed by atoms with Crippen LogP contribution in [0.15, 0.2) is 53.3 Å². The number of hydrogen-bond acceptors (Lipinski definition) is 4. The van der Waals surface area contributed by atoms with Gasteiger partial charge >= 0.3 is 0 Å². The molecule has 0 spiro atoms. The fourth-order valence-electron chi connectivity index (χ4n) is 2.78. The second-order valence-electron chi connectivity index (χ2n) is 5.51. The smallest absolute Gasteiger partial charge is 0.123 e. The van der Waals surface area contributed by atoms with Gasteiger partial charge in [-0.2, -0.15) is 0 Å². The number of aromatic nitrogens is 1. The predicted octanol–water partition coefficient (Wildman–Crippen LogP) is 3.58. The molecular weight excluding hydrogens is 262 g/mol. The van der Waals surface area contributed by atoms with Crippen LogP contribution in [0.4, 0.5) is 11.4 Å². The zero-order valence-corrected chi connectivity index (χ0v) is 11.7. The lowest BCUT2D eigenvalue weighted by atomic mass is 10.1. The molecule has 2 heterocycles. The molecule has 1 saturated carbocycles. The van der Waals surface area contributed by atoms with Gasteiger partial charge in [-0.05, 0) is 49.2 Å². The Bertz CT molecular complexity index is 763. The maximum absolute atomic E-state index is 6.08. The monoisotopic (exact) mass is 279 g/mol. The lowest BCUT2D eigenvalue weighted by Gasteiger charge is -2.25. The van der Waals surface area contributed by atoms with Gasteiger partial charge in [-0.3, -0.25) is 4.98 Å². The number of fused-ring (bicyclic) bond motifs is 1. The molecule has 4 rings (SSSR count). The van der Waals surface area contributed by atoms with Gasteiger partial charge in [0.05, 0.1) is 24.0 Å². The summed E-state index contributed by atoms with van der Waals surface area (Å²) >= 11 is 0. The molecule has 106 valence electrons. The summed E-state index contributed by atoms with van der Waals surface area (Å²) in [6, 6.07) is 12.5. The SMILES string of the molecule is Nc1ccc(N(Cc2ccco2)C2CC2)c2ncccc12. The molecule has 1 aliphatic rings. The molecule has 4 nitrogen and oxygen atoms in total. The van der Waals surface area contributed by atoms with Crippen molar-refractivity contribution in [2.75, 3.05) is 10.6 Å². The van der Waals surface area contributed by atoms with E-state index in [1.165, 1.54) is 12.8 Å². The van der Waals surface area contributed by atoms with Crippen LogP contribution in [-0.2, 0) is 6.54 Å². The van der Waals surface area contributed by atoms with Crippen LogP contribution in [0, 0.1) is 0 Å². The molecule has 1 aliphatic carbocycles. The predicted molar refractivity (Wildman–Crippen MR) is 84.1 cm³/mol. The van der Waals surface area contributed by atoms with Gasteiger partial charge in [0.1, 0.15) is 5.76 Å². The highest BCUT2D eigenvalue weighted by atomic mass is 16.3. The average molecular weight is 279 g/mol. The molecular formula is C17H17N3O. The summed E-state index contributed by atoms with van der Waals surface area (Å²) in [4.78, 5) is 6.93. The van der Waals surface area contributed by atoms with Crippen molar-refractivity contribution in [2.24, 2.45) is 0 Å². The first-order valence-corrected chi connectivity index (χ1v) is 7.25. The number of nitrogen functional groups attached to an aromatic ring is 1. The van der Waals surface area contributed by atoms with E-state index in [-0.39, 0.29) is 0 Å². The normalized spacial score (nSPS) is 14.5. The number of benzene rings is 1. The number of anilines is 2. The van der Waals surface area contributed by atoms with Crippen LogP contribution in [0.25, 0.3) is 10.9 Å². The molecule has 21 heavy (non-hydrogen) atoms. The van der Waals surface area contributed by atoms with Crippen LogP contribution in [0.2, 0.25) is 0 Å². The Morgan fingerprint density at radius 2 is 2.10 bits per heavy atom. The fourth-order valence-corrected chi connectivity index (χ4v) is 2.78. The van der Waals surface area contributed by atoms with E-state index in [0.717, 1.165) is 34.6 Å². The highest BCUT2D eigenvalue weighted by Gasteiger charge is 2.31. The van der Waals surface area contributed by atoms with E-state index in [2.05, 4.69) is 16.0 Å². The molecule has 4 heteroatoms. The van der Waals surface area contributed by atoms with E-state index < -0.39 is 0 Å². The van der Waals surface area contributed by atoms with Crippen molar-refractivity contribution < 1.29 is 4.42 Å². The Morgan fingerprint density at radius 1 is 1.19 bits per heavy atom. The minimum absolute atomic E-state index is 0.573. The second-order valence-corrected chi connectivity index (χ2v) is 5.51. The van der Waals surface area contributed by atoms with E-state index in [1.807, 2.05) is 36.5 Å². The van der Waals surface area contributed by atoms with Crippen molar-refractivity contribution in [1.29, 1.82) is 0 Å². The summed E-state index contributed by atoms with van der Waals surface area (Å²) in [5.74, 6) is 0.975. The largest absolute Gasteiger partial charge is 0.467 e. The average Bonchev–Trinajstić information content (AvgIpc) is 3.23. The van der Waals surface area contributed by atoms with Crippen LogP contribution in [0.3, 0.4) is 0 Å². The maximum Gasteiger partial charge on any atom is 0.123 e. The summed E-state index contributed by atoms with van der Waals surface area (Å²) < 4.78 is 5.51. The van der Waals surface area contributed by atoms with Gasteiger partial charge in [-0.15, -0.1) is 0 Å². The molecule has 0 aliphatic heterocycles. The van der Waals surface area contributed by atoms with E-state index in [1.54, 1.807) is 6.26 Å². The second kappa shape index (κ2) is 4.81. The van der Waals surface area contributed by atoms with Crippen molar-refractivity contribution in [2.45, 2.75) is 25.4 Å². The van der Waals surface area contributed by atoms with Crippen LogP contribution < -0.4 is 10.6 Å². The van der Waals surface area contributed by atoms with E-state index in [9.17, 15) is 0 Å². The lowest BCUT2D eigenvalue weighted by molar-refractivity contribution is 0.501. The minimum atomic E-state index is 0.573. The van der Waals surface area contributed by atoms with Crippen LogP contribution in [0.1, 0.15) is 18.6 Å². The Hall–Kier alpha value is -2.49. The maximum atomic E-state index is 6.08. The summed E-state index contributed by atoms with van der Waals surface area (Å²) in [7, 11) is 0. The van der Waals surface area contributed by atoms with Gasteiger partial charge in [0.25, 0.3) is 0 Å². The molecule has 1 fully saturated rings. The molecule has 0 bridgehead atoms. The van der Waals surface area contributed by atoms with Gasteiger partial charge in [0.2, 0.25) is 0 Å². The van der Waals surface area contributed by atoms with Crippen LogP contribution in [0.5, 0.6) is 0 Å². The Kier molecular flexibility index (Phi) is 2.81. The highest BCUT2D eigenvalue weighted by molar-refractivity contribution is 5.98. The Balaban J connectivity index is 1.81. The van der Waals surface area contributed by atoms with Crippen molar-refractivity contribution in [3.05, 3.63) is 54.6 Å². The van der Waals surface area contributed by atoms with Gasteiger partial charge in [-0.1, -0.05) is 0 Å². The van der Waals surface area contributed by atoms with Crippen molar-refractivity contribution >= 4 is 22.3 Å². The lowest BCUT2D eigenvalue weighted by Crippen LogP contribution is -2.25. The molecule has 0 atom stereocenters. The third kappa shape index (κ3) is 2.23. The molecule has 0 radical (unpaired) electrons. The zero-order valence-electron chi connectivity index (χ0n) is 11.7. The zero-order chi connectivity index (χ0) is 14.2. The summed E-state index contributed by atoms with van der Waals surface area (Å²) in [5.41, 5.74) is 8.96. The van der Waals surface area contributed by atoms with Gasteiger partial charge in [0.15, 0.2) is 0 Å². The molecule has 2 N–H and O–H groups in total. The van der Waals surface area contributed by atoms with E-state index in [0.29, 0.717) is 6.04 Å². The number of furan rings is 1. The first-order valence-electron chi connectivity index (χ1n) is 7.25.